The van der Waals surface area contributed by atoms with Crippen molar-refractivity contribution in [1.82, 2.24) is 10.7 Å². The van der Waals surface area contributed by atoms with E-state index in [-0.39, 0.29) is 26.0 Å². The van der Waals surface area contributed by atoms with Gasteiger partial charge in [-0.1, -0.05) is 24.3 Å². The Bertz CT molecular complexity index is 1380. The summed E-state index contributed by atoms with van der Waals surface area (Å²) in [7, 11) is 0. The first-order valence-corrected chi connectivity index (χ1v) is 11.5. The maximum absolute atomic E-state index is 14.8. The molecule has 1 aliphatic heterocycles. The maximum atomic E-state index is 14.8. The van der Waals surface area contributed by atoms with Crippen molar-refractivity contribution in [3.8, 4) is 11.5 Å². The zero-order valence-electron chi connectivity index (χ0n) is 20.0. The number of nitrogens with two attached hydrogens (primary N) is 1. The number of amides is 1. The number of fused-ring (bicyclic) bond motifs is 1. The molecular weight excluding hydrogens is 530 g/mol. The molecule has 0 saturated carbocycles. The van der Waals surface area contributed by atoms with E-state index < -0.39 is 58.8 Å². The molecule has 0 saturated heterocycles. The summed E-state index contributed by atoms with van der Waals surface area (Å²) in [5.74, 6) is 1.83. The number of rotatable bonds is 8. The van der Waals surface area contributed by atoms with Crippen molar-refractivity contribution in [2.75, 3.05) is 18.5 Å². The van der Waals surface area contributed by atoms with Gasteiger partial charge in [-0.3, -0.25) is 10.6 Å². The van der Waals surface area contributed by atoms with Crippen molar-refractivity contribution < 1.29 is 42.0 Å². The average molecular weight is 554 g/mol. The molecule has 1 heterocycles. The minimum Gasteiger partial charge on any atom is -0.486 e. The van der Waals surface area contributed by atoms with Gasteiger partial charge in [0.25, 0.3) is 0 Å². The zero-order valence-corrected chi connectivity index (χ0v) is 20.0. The lowest BCUT2D eigenvalue weighted by Crippen LogP contribution is -2.37. The number of halogens is 6. The first-order valence-electron chi connectivity index (χ1n) is 11.5. The molecule has 4 rings (SSSR count). The van der Waals surface area contributed by atoms with E-state index in [1.165, 1.54) is 6.20 Å². The molecule has 1 aliphatic rings. The summed E-state index contributed by atoms with van der Waals surface area (Å²) in [6, 6.07) is 11.2. The third-order valence-corrected chi connectivity index (χ3v) is 5.65. The summed E-state index contributed by atoms with van der Waals surface area (Å²) in [5, 5.41) is 5.01. The van der Waals surface area contributed by atoms with Crippen LogP contribution in [0.25, 0.3) is 5.70 Å². The van der Waals surface area contributed by atoms with Gasteiger partial charge < -0.3 is 25.5 Å². The van der Waals surface area contributed by atoms with Crippen LogP contribution in [0.4, 0.5) is 32.0 Å². The number of para-hydroxylation sites is 2. The minimum absolute atomic E-state index is 0. The number of alkyl halides is 3. The Labute approximate surface area is 220 Å². The number of hydrogen-bond donors (Lipinski definition) is 4. The summed E-state index contributed by atoms with van der Waals surface area (Å²) in [4.78, 5) is 12.3. The van der Waals surface area contributed by atoms with Crippen LogP contribution >= 0.6 is 0 Å². The Morgan fingerprint density at radius 2 is 1.74 bits per heavy atom. The Hall–Kier alpha value is -4.39. The van der Waals surface area contributed by atoms with Crippen LogP contribution in [0.1, 0.15) is 18.1 Å². The Kier molecular flexibility index (Phi) is 8.19. The SMILES string of the molecule is NN/C(=C\NCC1COc2ccccc2O1)c1c(F)cc(NC(=O)Cc2cccc(C(F)(F)F)c2F)cc1F.[HH]. The van der Waals surface area contributed by atoms with Crippen molar-refractivity contribution in [3.63, 3.8) is 0 Å². The Morgan fingerprint density at radius 3 is 2.41 bits per heavy atom. The van der Waals surface area contributed by atoms with E-state index in [9.17, 15) is 31.1 Å². The molecule has 0 spiro atoms. The highest BCUT2D eigenvalue weighted by molar-refractivity contribution is 5.92. The second kappa shape index (κ2) is 11.6. The normalized spacial score (nSPS) is 15.1. The molecule has 1 amide bonds. The maximum Gasteiger partial charge on any atom is 0.419 e. The third kappa shape index (κ3) is 6.55. The molecule has 208 valence electrons. The van der Waals surface area contributed by atoms with Gasteiger partial charge in [0.1, 0.15) is 30.2 Å². The smallest absolute Gasteiger partial charge is 0.419 e. The highest BCUT2D eigenvalue weighted by Crippen LogP contribution is 2.33. The topological polar surface area (TPSA) is 97.6 Å². The van der Waals surface area contributed by atoms with Crippen molar-refractivity contribution in [2.24, 2.45) is 5.84 Å². The molecule has 3 aromatic rings. The van der Waals surface area contributed by atoms with Crippen LogP contribution in [0.15, 0.2) is 60.8 Å². The summed E-state index contributed by atoms with van der Waals surface area (Å²) >= 11 is 0. The summed E-state index contributed by atoms with van der Waals surface area (Å²) in [5.41, 5.74) is -0.893. The van der Waals surface area contributed by atoms with Crippen LogP contribution in [0.2, 0.25) is 0 Å². The van der Waals surface area contributed by atoms with Crippen molar-refractivity contribution in [1.29, 1.82) is 0 Å². The molecule has 1 unspecified atom stereocenters. The minimum atomic E-state index is -4.95. The average Bonchev–Trinajstić information content (AvgIpc) is 2.87. The Balaban J connectivity index is 0.00000441. The number of carbonyl (C=O) groups excluding carboxylic acids is 1. The molecule has 3 aromatic carbocycles. The molecule has 1 atom stereocenters. The van der Waals surface area contributed by atoms with Crippen LogP contribution in [0.3, 0.4) is 0 Å². The van der Waals surface area contributed by atoms with E-state index in [1.807, 2.05) is 0 Å². The van der Waals surface area contributed by atoms with Gasteiger partial charge in [0, 0.05) is 13.3 Å². The van der Waals surface area contributed by atoms with Gasteiger partial charge in [-0.05, 0) is 35.9 Å². The lowest BCUT2D eigenvalue weighted by Gasteiger charge is -2.26. The largest absolute Gasteiger partial charge is 0.486 e. The second-order valence-corrected chi connectivity index (χ2v) is 8.42. The molecule has 0 aliphatic carbocycles. The second-order valence-electron chi connectivity index (χ2n) is 8.42. The standard InChI is InChI=1S/C26H22F6N4O3.H2/c27-18-9-15(35-23(37)8-14-4-3-5-17(25(14)29)26(30,31)32)10-19(28)24(18)20(36-33)12-34-11-16-13-38-21-6-1-2-7-22(21)39-16;/h1-7,9-10,12,16,34,36H,8,11,13,33H2,(H,35,37);1H/b20-12-;. The van der Waals surface area contributed by atoms with Gasteiger partial charge in [-0.2, -0.15) is 13.2 Å². The van der Waals surface area contributed by atoms with Crippen molar-refractivity contribution in [3.05, 3.63) is 94.9 Å². The number of nitrogens with one attached hydrogen (secondary N) is 3. The molecule has 0 aromatic heterocycles. The van der Waals surface area contributed by atoms with E-state index >= 15 is 0 Å². The fourth-order valence-corrected chi connectivity index (χ4v) is 3.86. The van der Waals surface area contributed by atoms with Crippen LogP contribution in [0, 0.1) is 17.5 Å². The third-order valence-electron chi connectivity index (χ3n) is 5.65. The van der Waals surface area contributed by atoms with Crippen molar-refractivity contribution >= 4 is 17.3 Å². The van der Waals surface area contributed by atoms with Gasteiger partial charge in [-0.15, -0.1) is 0 Å². The predicted molar refractivity (Wildman–Crippen MR) is 132 cm³/mol. The number of benzene rings is 3. The molecule has 0 bridgehead atoms. The molecule has 5 N–H and O–H groups in total. The van der Waals surface area contributed by atoms with Gasteiger partial charge in [0.2, 0.25) is 5.91 Å². The van der Waals surface area contributed by atoms with Crippen LogP contribution in [0.5, 0.6) is 11.5 Å². The summed E-state index contributed by atoms with van der Waals surface area (Å²) < 4.78 is 94.0. The molecule has 0 radical (unpaired) electrons. The molecule has 13 heteroatoms. The van der Waals surface area contributed by atoms with Gasteiger partial charge in [0.15, 0.2) is 11.5 Å². The van der Waals surface area contributed by atoms with Crippen molar-refractivity contribution in [2.45, 2.75) is 18.7 Å². The molecule has 7 nitrogen and oxygen atoms in total. The van der Waals surface area contributed by atoms with Crippen LogP contribution < -0.4 is 31.4 Å². The van der Waals surface area contributed by atoms with Gasteiger partial charge >= 0.3 is 6.18 Å². The zero-order chi connectivity index (χ0) is 28.2. The van der Waals surface area contributed by atoms with Gasteiger partial charge in [-0.25, -0.2) is 13.2 Å². The predicted octanol–water partition coefficient (Wildman–Crippen LogP) is 4.74. The van der Waals surface area contributed by atoms with E-state index in [4.69, 9.17) is 15.3 Å². The van der Waals surface area contributed by atoms with Gasteiger partial charge in [0.05, 0.1) is 29.8 Å². The van der Waals surface area contributed by atoms with Crippen LogP contribution in [-0.2, 0) is 17.4 Å². The van der Waals surface area contributed by atoms with E-state index in [1.54, 1.807) is 24.3 Å². The highest BCUT2D eigenvalue weighted by atomic mass is 19.4. The fourth-order valence-electron chi connectivity index (χ4n) is 3.86. The highest BCUT2D eigenvalue weighted by Gasteiger charge is 2.35. The monoisotopic (exact) mass is 554 g/mol. The lowest BCUT2D eigenvalue weighted by molar-refractivity contribution is -0.140. The number of hydrazine groups is 1. The van der Waals surface area contributed by atoms with E-state index in [0.29, 0.717) is 17.6 Å². The number of anilines is 1. The Morgan fingerprint density at radius 1 is 1.05 bits per heavy atom. The van der Waals surface area contributed by atoms with Crippen LogP contribution in [-0.4, -0.2) is 25.2 Å². The number of hydrogen-bond acceptors (Lipinski definition) is 6. The summed E-state index contributed by atoms with van der Waals surface area (Å²) in [6.07, 6.45) is -4.90. The number of carbonyl (C=O) groups is 1. The fraction of sp³-hybridized carbons (Fsp3) is 0.192. The first kappa shape index (κ1) is 27.6. The first-order chi connectivity index (χ1) is 18.6. The van der Waals surface area contributed by atoms with E-state index in [0.717, 1.165) is 24.3 Å². The molecular formula is C26H24F6N4O3. The van der Waals surface area contributed by atoms with E-state index in [2.05, 4.69) is 16.1 Å². The quantitative estimate of drug-likeness (QED) is 0.183. The number of ether oxygens (including phenoxy) is 2. The molecule has 0 fully saturated rings. The molecule has 39 heavy (non-hydrogen) atoms. The lowest BCUT2D eigenvalue weighted by atomic mass is 10.1. The summed E-state index contributed by atoms with van der Waals surface area (Å²) in [6.45, 7) is 0.452.